The molecule has 1 aromatic rings. The van der Waals surface area contributed by atoms with Gasteiger partial charge < -0.3 is 14.9 Å². The van der Waals surface area contributed by atoms with Gasteiger partial charge in [0.25, 0.3) is 0 Å². The zero-order valence-electron chi connectivity index (χ0n) is 13.1. The number of carbonyl (C=O) groups is 1. The van der Waals surface area contributed by atoms with E-state index < -0.39 is 5.97 Å². The normalized spacial score (nSPS) is 17.5. The Morgan fingerprint density at radius 2 is 2.14 bits per heavy atom. The Balaban J connectivity index is 1.89. The van der Waals surface area contributed by atoms with Gasteiger partial charge >= 0.3 is 5.97 Å². The predicted molar refractivity (Wildman–Crippen MR) is 85.3 cm³/mol. The molecular formula is C15H25N3O2S. The Morgan fingerprint density at radius 1 is 1.48 bits per heavy atom. The lowest BCUT2D eigenvalue weighted by Crippen LogP contribution is -2.42. The highest BCUT2D eigenvalue weighted by atomic mass is 32.1. The molecule has 0 aliphatic carbocycles. The number of carboxylic acids is 1. The van der Waals surface area contributed by atoms with Crippen LogP contribution in [0.3, 0.4) is 0 Å². The molecule has 1 aromatic heterocycles. The molecule has 21 heavy (non-hydrogen) atoms. The van der Waals surface area contributed by atoms with Gasteiger partial charge in [0.2, 0.25) is 0 Å². The summed E-state index contributed by atoms with van der Waals surface area (Å²) in [6, 6.07) is 0.644. The Hall–Kier alpha value is -0.980. The fourth-order valence-corrected chi connectivity index (χ4v) is 3.78. The third-order valence-electron chi connectivity index (χ3n) is 4.26. The molecule has 0 amide bonds. The van der Waals surface area contributed by atoms with Gasteiger partial charge in [0.05, 0.1) is 10.7 Å². The van der Waals surface area contributed by atoms with Gasteiger partial charge in [-0.3, -0.25) is 0 Å². The number of nitrogens with zero attached hydrogens (tertiary/aromatic N) is 3. The molecule has 1 aliphatic rings. The number of aryl methyl sites for hydroxylation is 1. The summed E-state index contributed by atoms with van der Waals surface area (Å²) in [5.41, 5.74) is 0.726. The summed E-state index contributed by atoms with van der Waals surface area (Å²) in [5, 5.41) is 10.1. The largest absolute Gasteiger partial charge is 0.477 e. The molecule has 5 nitrogen and oxygen atoms in total. The second-order valence-corrected chi connectivity index (χ2v) is 6.89. The minimum atomic E-state index is -0.848. The zero-order chi connectivity index (χ0) is 15.4. The zero-order valence-corrected chi connectivity index (χ0v) is 13.9. The highest BCUT2D eigenvalue weighted by Crippen LogP contribution is 2.21. The van der Waals surface area contributed by atoms with E-state index in [1.807, 2.05) is 6.92 Å². The van der Waals surface area contributed by atoms with Crippen molar-refractivity contribution in [1.82, 2.24) is 14.8 Å². The molecule has 0 bridgehead atoms. The quantitative estimate of drug-likeness (QED) is 0.870. The van der Waals surface area contributed by atoms with Crippen molar-refractivity contribution in [3.8, 4) is 0 Å². The molecule has 2 heterocycles. The van der Waals surface area contributed by atoms with Crippen LogP contribution in [0.4, 0.5) is 0 Å². The summed E-state index contributed by atoms with van der Waals surface area (Å²) >= 11 is 1.34. The molecule has 1 N–H and O–H groups in total. The number of thiazole rings is 1. The van der Waals surface area contributed by atoms with Gasteiger partial charge in [-0.25, -0.2) is 9.78 Å². The summed E-state index contributed by atoms with van der Waals surface area (Å²) < 4.78 is 0. The summed E-state index contributed by atoms with van der Waals surface area (Å²) in [4.78, 5) is 20.8. The lowest BCUT2D eigenvalue weighted by molar-refractivity contribution is 0.0701. The average Bonchev–Trinajstić information content (AvgIpc) is 2.89. The van der Waals surface area contributed by atoms with Crippen LogP contribution < -0.4 is 0 Å². The van der Waals surface area contributed by atoms with E-state index in [1.165, 1.54) is 24.2 Å². The molecule has 1 aliphatic heterocycles. The van der Waals surface area contributed by atoms with Crippen molar-refractivity contribution in [2.75, 3.05) is 33.7 Å². The van der Waals surface area contributed by atoms with Crippen molar-refractivity contribution in [3.05, 3.63) is 15.6 Å². The molecule has 0 saturated carbocycles. The maximum Gasteiger partial charge on any atom is 0.347 e. The standard InChI is InChI=1S/C15H25N3O2S/c1-4-12-14(15(19)20)21-13(16-12)7-10-18(3)11-5-8-17(2)9-6-11/h11H,4-10H2,1-3H3,(H,19,20). The number of aromatic carboxylic acids is 1. The van der Waals surface area contributed by atoms with Gasteiger partial charge in [-0.2, -0.15) is 0 Å². The van der Waals surface area contributed by atoms with Crippen LogP contribution in [0.15, 0.2) is 0 Å². The molecule has 0 atom stereocenters. The number of likely N-dealkylation sites (N-methyl/N-ethyl adjacent to an activating group) is 1. The molecule has 1 saturated heterocycles. The summed E-state index contributed by atoms with van der Waals surface area (Å²) in [6.07, 6.45) is 3.95. The lowest BCUT2D eigenvalue weighted by atomic mass is 10.0. The van der Waals surface area contributed by atoms with Crippen LogP contribution in [0.1, 0.15) is 40.1 Å². The van der Waals surface area contributed by atoms with Crippen molar-refractivity contribution in [2.24, 2.45) is 0 Å². The first kappa shape index (κ1) is 16.4. The summed E-state index contributed by atoms with van der Waals surface area (Å²) in [6.45, 7) is 5.23. The lowest BCUT2D eigenvalue weighted by Gasteiger charge is -2.35. The van der Waals surface area contributed by atoms with Gasteiger partial charge in [-0.15, -0.1) is 11.3 Å². The van der Waals surface area contributed by atoms with Crippen LogP contribution in [0.5, 0.6) is 0 Å². The maximum absolute atomic E-state index is 11.2. The fraction of sp³-hybridized carbons (Fsp3) is 0.733. The Kier molecular flexibility index (Phi) is 5.72. The first-order valence-electron chi connectivity index (χ1n) is 7.62. The minimum Gasteiger partial charge on any atom is -0.477 e. The highest BCUT2D eigenvalue weighted by molar-refractivity contribution is 7.13. The van der Waals surface area contributed by atoms with E-state index in [0.29, 0.717) is 17.3 Å². The fourth-order valence-electron chi connectivity index (χ4n) is 2.80. The molecule has 2 rings (SSSR count). The number of aromatic nitrogens is 1. The highest BCUT2D eigenvalue weighted by Gasteiger charge is 2.21. The van der Waals surface area contributed by atoms with Crippen LogP contribution in [0.2, 0.25) is 0 Å². The smallest absolute Gasteiger partial charge is 0.347 e. The van der Waals surface area contributed by atoms with Crippen molar-refractivity contribution in [2.45, 2.75) is 38.6 Å². The molecule has 0 spiro atoms. The number of hydrogen-bond acceptors (Lipinski definition) is 5. The minimum absolute atomic E-state index is 0.412. The van der Waals surface area contributed by atoms with Crippen molar-refractivity contribution in [3.63, 3.8) is 0 Å². The van der Waals surface area contributed by atoms with Gasteiger partial charge in [0.15, 0.2) is 0 Å². The van der Waals surface area contributed by atoms with Crippen LogP contribution >= 0.6 is 11.3 Å². The Bertz CT molecular complexity index is 481. The Labute approximate surface area is 130 Å². The van der Waals surface area contributed by atoms with E-state index >= 15 is 0 Å². The van der Waals surface area contributed by atoms with E-state index in [2.05, 4.69) is 28.9 Å². The second-order valence-electron chi connectivity index (χ2n) is 5.81. The molecule has 0 unspecified atom stereocenters. The second kappa shape index (κ2) is 7.33. The maximum atomic E-state index is 11.2. The van der Waals surface area contributed by atoms with Crippen molar-refractivity contribution in [1.29, 1.82) is 0 Å². The SMILES string of the molecule is CCc1nc(CCN(C)C2CCN(C)CC2)sc1C(=O)O. The predicted octanol–water partition coefficient (Wildman–Crippen LogP) is 1.97. The molecule has 0 radical (unpaired) electrons. The monoisotopic (exact) mass is 311 g/mol. The van der Waals surface area contributed by atoms with Gasteiger partial charge in [0.1, 0.15) is 4.88 Å². The Morgan fingerprint density at radius 3 is 2.67 bits per heavy atom. The average molecular weight is 311 g/mol. The number of likely N-dealkylation sites (tertiary alicyclic amines) is 1. The van der Waals surface area contributed by atoms with Crippen molar-refractivity contribution >= 4 is 17.3 Å². The van der Waals surface area contributed by atoms with E-state index in [4.69, 9.17) is 0 Å². The summed E-state index contributed by atoms with van der Waals surface area (Å²) in [5.74, 6) is -0.848. The number of hydrogen-bond donors (Lipinski definition) is 1. The van der Waals surface area contributed by atoms with E-state index in [9.17, 15) is 9.90 Å². The molecule has 1 fully saturated rings. The number of piperidine rings is 1. The van der Waals surface area contributed by atoms with Crippen LogP contribution in [-0.2, 0) is 12.8 Å². The first-order valence-corrected chi connectivity index (χ1v) is 8.43. The number of carboxylic acid groups (broad SMARTS) is 1. The topological polar surface area (TPSA) is 56.7 Å². The van der Waals surface area contributed by atoms with E-state index in [1.54, 1.807) is 0 Å². The van der Waals surface area contributed by atoms with Gasteiger partial charge in [-0.05, 0) is 46.4 Å². The van der Waals surface area contributed by atoms with Gasteiger partial charge in [0, 0.05) is 19.0 Å². The number of rotatable bonds is 6. The van der Waals surface area contributed by atoms with Crippen LogP contribution in [-0.4, -0.2) is 65.6 Å². The third-order valence-corrected chi connectivity index (χ3v) is 5.41. The third kappa shape index (κ3) is 4.25. The summed E-state index contributed by atoms with van der Waals surface area (Å²) in [7, 11) is 4.34. The van der Waals surface area contributed by atoms with Gasteiger partial charge in [-0.1, -0.05) is 6.92 Å². The van der Waals surface area contributed by atoms with Crippen molar-refractivity contribution < 1.29 is 9.90 Å². The molecular weight excluding hydrogens is 286 g/mol. The van der Waals surface area contributed by atoms with E-state index in [-0.39, 0.29) is 0 Å². The van der Waals surface area contributed by atoms with Crippen LogP contribution in [0.25, 0.3) is 0 Å². The molecule has 118 valence electrons. The van der Waals surface area contributed by atoms with Crippen LogP contribution in [0, 0.1) is 0 Å². The molecule has 0 aromatic carbocycles. The van der Waals surface area contributed by atoms with E-state index in [0.717, 1.165) is 36.8 Å². The first-order chi connectivity index (χ1) is 10.0. The molecule has 6 heteroatoms.